The average molecular weight is 428 g/mol. The summed E-state index contributed by atoms with van der Waals surface area (Å²) < 4.78 is 0. The van der Waals surface area contributed by atoms with Crippen molar-refractivity contribution in [3.63, 3.8) is 0 Å². The van der Waals surface area contributed by atoms with E-state index in [1.807, 2.05) is 62.4 Å². The summed E-state index contributed by atoms with van der Waals surface area (Å²) in [5, 5.41) is 5.76. The topological polar surface area (TPSA) is 78.5 Å². The van der Waals surface area contributed by atoms with E-state index in [0.717, 1.165) is 16.8 Å². The van der Waals surface area contributed by atoms with Gasteiger partial charge < -0.3 is 15.5 Å². The predicted molar refractivity (Wildman–Crippen MR) is 126 cm³/mol. The van der Waals surface area contributed by atoms with Crippen LogP contribution < -0.4 is 15.5 Å². The van der Waals surface area contributed by atoms with Crippen molar-refractivity contribution in [2.24, 2.45) is 5.92 Å². The first-order valence-electron chi connectivity index (χ1n) is 10.5. The molecular weight excluding hydrogens is 402 g/mol. The van der Waals surface area contributed by atoms with Crippen LogP contribution in [-0.4, -0.2) is 24.3 Å². The van der Waals surface area contributed by atoms with E-state index in [1.54, 1.807) is 29.2 Å². The average Bonchev–Trinajstić information content (AvgIpc) is 3.17. The predicted octanol–water partition coefficient (Wildman–Crippen LogP) is 4.55. The Balaban J connectivity index is 1.44. The van der Waals surface area contributed by atoms with Gasteiger partial charge in [0.25, 0.3) is 5.91 Å². The fourth-order valence-corrected chi connectivity index (χ4v) is 3.76. The normalized spacial score (nSPS) is 15.5. The Morgan fingerprint density at radius 2 is 1.59 bits per heavy atom. The van der Waals surface area contributed by atoms with Crippen molar-refractivity contribution in [3.8, 4) is 0 Å². The van der Waals surface area contributed by atoms with Crippen LogP contribution in [0, 0.1) is 19.8 Å². The van der Waals surface area contributed by atoms with Crippen LogP contribution in [0.25, 0.3) is 0 Å². The highest BCUT2D eigenvalue weighted by Gasteiger charge is 2.35. The van der Waals surface area contributed by atoms with Gasteiger partial charge in [0.05, 0.1) is 5.92 Å². The SMILES string of the molecule is Cc1ccc(NC(=O)c2cccc(N3C[C@H](C(=O)Nc4cccc(C)c4)CC3=O)c2)cc1. The number of rotatable bonds is 5. The quantitative estimate of drug-likeness (QED) is 0.627. The molecule has 3 amide bonds. The van der Waals surface area contributed by atoms with Gasteiger partial charge in [0.1, 0.15) is 0 Å². The van der Waals surface area contributed by atoms with E-state index in [1.165, 1.54) is 0 Å². The van der Waals surface area contributed by atoms with Crippen LogP contribution >= 0.6 is 0 Å². The highest BCUT2D eigenvalue weighted by Crippen LogP contribution is 2.27. The third kappa shape index (κ3) is 4.86. The largest absolute Gasteiger partial charge is 0.326 e. The van der Waals surface area contributed by atoms with E-state index in [2.05, 4.69) is 10.6 Å². The number of anilines is 3. The Bertz CT molecular complexity index is 1170. The molecule has 3 aromatic carbocycles. The van der Waals surface area contributed by atoms with Gasteiger partial charge in [0, 0.05) is 35.6 Å². The third-order valence-corrected chi connectivity index (χ3v) is 5.51. The Kier molecular flexibility index (Phi) is 6.03. The molecule has 1 atom stereocenters. The second-order valence-corrected chi connectivity index (χ2v) is 8.13. The van der Waals surface area contributed by atoms with Crippen molar-refractivity contribution in [1.29, 1.82) is 0 Å². The number of nitrogens with zero attached hydrogens (tertiary/aromatic N) is 1. The summed E-state index contributed by atoms with van der Waals surface area (Å²) in [5.41, 5.74) is 4.64. The lowest BCUT2D eigenvalue weighted by atomic mass is 10.1. The number of aryl methyl sites for hydroxylation is 2. The summed E-state index contributed by atoms with van der Waals surface area (Å²) >= 11 is 0. The number of carbonyl (C=O) groups is 3. The fourth-order valence-electron chi connectivity index (χ4n) is 3.76. The lowest BCUT2D eigenvalue weighted by Crippen LogP contribution is -2.28. The molecule has 1 fully saturated rings. The van der Waals surface area contributed by atoms with Crippen LogP contribution in [0.3, 0.4) is 0 Å². The number of benzene rings is 3. The van der Waals surface area contributed by atoms with Gasteiger partial charge in [-0.2, -0.15) is 0 Å². The van der Waals surface area contributed by atoms with Crippen LogP contribution in [0.2, 0.25) is 0 Å². The molecule has 1 aliphatic heterocycles. The van der Waals surface area contributed by atoms with Crippen LogP contribution in [0.4, 0.5) is 17.1 Å². The second kappa shape index (κ2) is 9.06. The first-order valence-corrected chi connectivity index (χ1v) is 10.5. The molecule has 6 nitrogen and oxygen atoms in total. The molecule has 1 heterocycles. The number of nitrogens with one attached hydrogen (secondary N) is 2. The van der Waals surface area contributed by atoms with Crippen molar-refractivity contribution in [2.75, 3.05) is 22.1 Å². The van der Waals surface area contributed by atoms with E-state index in [4.69, 9.17) is 0 Å². The van der Waals surface area contributed by atoms with Gasteiger partial charge in [-0.3, -0.25) is 14.4 Å². The molecule has 0 bridgehead atoms. The molecule has 4 rings (SSSR count). The maximum Gasteiger partial charge on any atom is 0.255 e. The van der Waals surface area contributed by atoms with E-state index in [0.29, 0.717) is 16.9 Å². The van der Waals surface area contributed by atoms with Gasteiger partial charge in [0.15, 0.2) is 0 Å². The Morgan fingerprint density at radius 3 is 2.34 bits per heavy atom. The first kappa shape index (κ1) is 21.3. The molecule has 162 valence electrons. The molecular formula is C26H25N3O3. The number of amides is 3. The Labute approximate surface area is 187 Å². The first-order chi connectivity index (χ1) is 15.4. The molecule has 3 aromatic rings. The molecule has 0 saturated carbocycles. The van der Waals surface area contributed by atoms with Crippen LogP contribution in [-0.2, 0) is 9.59 Å². The maximum absolute atomic E-state index is 12.7. The van der Waals surface area contributed by atoms with E-state index in [9.17, 15) is 14.4 Å². The Hall–Kier alpha value is -3.93. The molecule has 0 spiro atoms. The summed E-state index contributed by atoms with van der Waals surface area (Å²) in [5.74, 6) is -1.02. The summed E-state index contributed by atoms with van der Waals surface area (Å²) in [7, 11) is 0. The van der Waals surface area contributed by atoms with Gasteiger partial charge in [-0.25, -0.2) is 0 Å². The smallest absolute Gasteiger partial charge is 0.255 e. The fraction of sp³-hybridized carbons (Fsp3) is 0.192. The van der Waals surface area contributed by atoms with E-state index >= 15 is 0 Å². The number of carbonyl (C=O) groups excluding carboxylic acids is 3. The van der Waals surface area contributed by atoms with Crippen LogP contribution in [0.5, 0.6) is 0 Å². The third-order valence-electron chi connectivity index (χ3n) is 5.51. The minimum absolute atomic E-state index is 0.134. The molecule has 1 saturated heterocycles. The highest BCUT2D eigenvalue weighted by atomic mass is 16.2. The van der Waals surface area contributed by atoms with Crippen LogP contribution in [0.15, 0.2) is 72.8 Å². The van der Waals surface area contributed by atoms with Crippen molar-refractivity contribution in [1.82, 2.24) is 0 Å². The zero-order valence-corrected chi connectivity index (χ0v) is 18.1. The highest BCUT2D eigenvalue weighted by molar-refractivity contribution is 6.07. The van der Waals surface area contributed by atoms with Crippen molar-refractivity contribution < 1.29 is 14.4 Å². The van der Waals surface area contributed by atoms with Gasteiger partial charge in [-0.05, 0) is 61.9 Å². The number of hydrogen-bond acceptors (Lipinski definition) is 3. The molecule has 0 radical (unpaired) electrons. The standard InChI is InChI=1S/C26H25N3O3/c1-17-9-11-21(12-10-17)27-25(31)19-6-4-8-23(14-19)29-16-20(15-24(29)30)26(32)28-22-7-3-5-18(2)13-22/h3-14,20H,15-16H2,1-2H3,(H,27,31)(H,28,32)/t20-/m1/s1. The lowest BCUT2D eigenvalue weighted by molar-refractivity contribution is -0.122. The van der Waals surface area contributed by atoms with Crippen molar-refractivity contribution in [3.05, 3.63) is 89.5 Å². The maximum atomic E-state index is 12.7. The minimum Gasteiger partial charge on any atom is -0.326 e. The van der Waals surface area contributed by atoms with Crippen LogP contribution in [0.1, 0.15) is 27.9 Å². The molecule has 2 N–H and O–H groups in total. The summed E-state index contributed by atoms with van der Waals surface area (Å²) in [4.78, 5) is 39.6. The Morgan fingerprint density at radius 1 is 0.844 bits per heavy atom. The van der Waals surface area contributed by atoms with Crippen molar-refractivity contribution >= 4 is 34.8 Å². The van der Waals surface area contributed by atoms with Gasteiger partial charge in [-0.15, -0.1) is 0 Å². The monoisotopic (exact) mass is 427 g/mol. The molecule has 1 aliphatic rings. The summed E-state index contributed by atoms with van der Waals surface area (Å²) in [6, 6.07) is 22.0. The summed E-state index contributed by atoms with van der Waals surface area (Å²) in [6.45, 7) is 4.22. The molecule has 0 unspecified atom stereocenters. The van der Waals surface area contributed by atoms with Crippen molar-refractivity contribution in [2.45, 2.75) is 20.3 Å². The van der Waals surface area contributed by atoms with E-state index in [-0.39, 0.29) is 30.7 Å². The summed E-state index contributed by atoms with van der Waals surface area (Å²) in [6.07, 6.45) is 0.136. The van der Waals surface area contributed by atoms with Gasteiger partial charge in [0.2, 0.25) is 11.8 Å². The minimum atomic E-state index is -0.451. The second-order valence-electron chi connectivity index (χ2n) is 8.13. The molecule has 6 heteroatoms. The van der Waals surface area contributed by atoms with Gasteiger partial charge >= 0.3 is 0 Å². The zero-order valence-electron chi connectivity index (χ0n) is 18.1. The number of hydrogen-bond donors (Lipinski definition) is 2. The molecule has 0 aliphatic carbocycles. The molecule has 0 aromatic heterocycles. The van der Waals surface area contributed by atoms with Gasteiger partial charge in [-0.1, -0.05) is 35.9 Å². The zero-order chi connectivity index (χ0) is 22.7. The van der Waals surface area contributed by atoms with E-state index < -0.39 is 5.92 Å². The molecule has 32 heavy (non-hydrogen) atoms. The lowest BCUT2D eigenvalue weighted by Gasteiger charge is -2.18.